The van der Waals surface area contributed by atoms with Crippen LogP contribution in [0.25, 0.3) is 10.2 Å². The van der Waals surface area contributed by atoms with E-state index in [1.165, 1.54) is 30.6 Å². The van der Waals surface area contributed by atoms with Gasteiger partial charge in [0.2, 0.25) is 0 Å². The van der Waals surface area contributed by atoms with Crippen LogP contribution in [0.3, 0.4) is 0 Å². The van der Waals surface area contributed by atoms with Crippen LogP contribution in [0, 0.1) is 18.8 Å². The highest BCUT2D eigenvalue weighted by atomic mass is 35.5. The predicted molar refractivity (Wildman–Crippen MR) is 75.4 cm³/mol. The van der Waals surface area contributed by atoms with Gasteiger partial charge in [-0.2, -0.15) is 0 Å². The normalized spacial score (nSPS) is 30.4. The maximum atomic E-state index is 6.31. The monoisotopic (exact) mass is 278 g/mol. The van der Waals surface area contributed by atoms with E-state index in [4.69, 9.17) is 16.6 Å². The molecule has 3 unspecified atom stereocenters. The fourth-order valence-corrected chi connectivity index (χ4v) is 4.92. The second-order valence-electron chi connectivity index (χ2n) is 5.73. The van der Waals surface area contributed by atoms with Crippen LogP contribution in [0.1, 0.15) is 42.3 Å². The Morgan fingerprint density at radius 2 is 2.17 bits per heavy atom. The summed E-state index contributed by atoms with van der Waals surface area (Å²) in [6.07, 6.45) is 5.43. The lowest BCUT2D eigenvalue weighted by Crippen LogP contribution is -2.12. The summed E-state index contributed by atoms with van der Waals surface area (Å²) in [5.74, 6) is 3.29. The highest BCUT2D eigenvalue weighted by molar-refractivity contribution is 7.18. The highest BCUT2D eigenvalue weighted by Crippen LogP contribution is 2.52. The van der Waals surface area contributed by atoms with E-state index in [1.54, 1.807) is 11.3 Å². The van der Waals surface area contributed by atoms with Crippen molar-refractivity contribution in [3.05, 3.63) is 21.9 Å². The quantitative estimate of drug-likeness (QED) is 0.715. The summed E-state index contributed by atoms with van der Waals surface area (Å²) in [6, 6.07) is 2.09. The first-order valence-corrected chi connectivity index (χ1v) is 7.83. The van der Waals surface area contributed by atoms with Gasteiger partial charge in [0, 0.05) is 16.2 Å². The van der Waals surface area contributed by atoms with Gasteiger partial charge in [0.1, 0.15) is 15.8 Å². The van der Waals surface area contributed by atoms with Gasteiger partial charge < -0.3 is 0 Å². The van der Waals surface area contributed by atoms with Crippen molar-refractivity contribution < 1.29 is 0 Å². The van der Waals surface area contributed by atoms with Crippen LogP contribution >= 0.6 is 22.9 Å². The molecule has 0 N–H and O–H groups in total. The van der Waals surface area contributed by atoms with Crippen LogP contribution in [0.4, 0.5) is 0 Å². The summed E-state index contributed by atoms with van der Waals surface area (Å²) in [5.41, 5.74) is 0. The van der Waals surface area contributed by atoms with Crippen LogP contribution in [0.15, 0.2) is 6.07 Å². The fourth-order valence-electron chi connectivity index (χ4n) is 3.75. The minimum atomic E-state index is 0.563. The molecule has 2 aromatic rings. The lowest BCUT2D eigenvalue weighted by atomic mass is 9.88. The molecule has 4 rings (SSSR count). The standard InChI is InChI=1S/C14H15ClN2S/c1-7-4-11-12(15)16-13(17-14(11)18-7)10-6-8-2-3-9(10)5-8/h4,8-10H,2-3,5-6H2,1H3. The van der Waals surface area contributed by atoms with Gasteiger partial charge in [0.15, 0.2) is 0 Å². The largest absolute Gasteiger partial charge is 0.222 e. The number of rotatable bonds is 1. The summed E-state index contributed by atoms with van der Waals surface area (Å²) in [6.45, 7) is 2.10. The molecule has 2 fully saturated rings. The first kappa shape index (κ1) is 11.2. The van der Waals surface area contributed by atoms with Crippen molar-refractivity contribution in [2.24, 2.45) is 11.8 Å². The number of aromatic nitrogens is 2. The van der Waals surface area contributed by atoms with E-state index in [9.17, 15) is 0 Å². The molecule has 0 aromatic carbocycles. The van der Waals surface area contributed by atoms with Crippen molar-refractivity contribution in [1.29, 1.82) is 0 Å². The molecule has 0 saturated heterocycles. The molecule has 2 aromatic heterocycles. The van der Waals surface area contributed by atoms with Gasteiger partial charge in [0.25, 0.3) is 0 Å². The molecule has 2 nitrogen and oxygen atoms in total. The molecule has 2 aliphatic carbocycles. The Balaban J connectivity index is 1.81. The van der Waals surface area contributed by atoms with Gasteiger partial charge in [0.05, 0.1) is 0 Å². The minimum absolute atomic E-state index is 0.563. The SMILES string of the molecule is Cc1cc2c(Cl)nc(C3CC4CCC3C4)nc2s1. The highest BCUT2D eigenvalue weighted by Gasteiger charge is 2.41. The van der Waals surface area contributed by atoms with E-state index < -0.39 is 0 Å². The Hall–Kier alpha value is -0.670. The number of hydrogen-bond donors (Lipinski definition) is 0. The Kier molecular flexibility index (Phi) is 2.43. The van der Waals surface area contributed by atoms with Gasteiger partial charge in [-0.1, -0.05) is 18.0 Å². The number of halogens is 1. The van der Waals surface area contributed by atoms with Crippen molar-refractivity contribution in [1.82, 2.24) is 9.97 Å². The molecule has 0 aliphatic heterocycles. The van der Waals surface area contributed by atoms with E-state index >= 15 is 0 Å². The molecule has 4 heteroatoms. The zero-order valence-electron chi connectivity index (χ0n) is 10.3. The molecule has 0 spiro atoms. The molecule has 2 saturated carbocycles. The van der Waals surface area contributed by atoms with E-state index in [0.717, 1.165) is 27.9 Å². The Morgan fingerprint density at radius 1 is 1.28 bits per heavy atom. The fraction of sp³-hybridized carbons (Fsp3) is 0.571. The third-order valence-corrected chi connectivity index (χ3v) is 5.79. The van der Waals surface area contributed by atoms with Crippen LogP contribution in [-0.4, -0.2) is 9.97 Å². The average Bonchev–Trinajstić information content (AvgIpc) is 3.01. The van der Waals surface area contributed by atoms with E-state index in [2.05, 4.69) is 18.0 Å². The third-order valence-electron chi connectivity index (χ3n) is 4.56. The summed E-state index contributed by atoms with van der Waals surface area (Å²) >= 11 is 8.04. The Bertz CT molecular complexity index is 622. The van der Waals surface area contributed by atoms with Crippen molar-refractivity contribution in [2.75, 3.05) is 0 Å². The van der Waals surface area contributed by atoms with Gasteiger partial charge in [-0.25, -0.2) is 9.97 Å². The molecular formula is C14H15ClN2S. The minimum Gasteiger partial charge on any atom is -0.222 e. The maximum Gasteiger partial charge on any atom is 0.141 e. The van der Waals surface area contributed by atoms with Crippen molar-refractivity contribution in [3.63, 3.8) is 0 Å². The number of aryl methyl sites for hydroxylation is 1. The molecule has 2 aliphatic rings. The predicted octanol–water partition coefficient (Wildman–Crippen LogP) is 4.56. The van der Waals surface area contributed by atoms with Crippen LogP contribution in [0.5, 0.6) is 0 Å². The molecular weight excluding hydrogens is 264 g/mol. The average molecular weight is 279 g/mol. The van der Waals surface area contributed by atoms with Gasteiger partial charge in [-0.05, 0) is 44.1 Å². The maximum absolute atomic E-state index is 6.31. The number of hydrogen-bond acceptors (Lipinski definition) is 3. The van der Waals surface area contributed by atoms with E-state index in [0.29, 0.717) is 11.1 Å². The number of nitrogens with zero attached hydrogens (tertiary/aromatic N) is 2. The summed E-state index contributed by atoms with van der Waals surface area (Å²) < 4.78 is 0. The summed E-state index contributed by atoms with van der Waals surface area (Å²) in [7, 11) is 0. The Labute approximate surface area is 115 Å². The third kappa shape index (κ3) is 1.60. The topological polar surface area (TPSA) is 25.8 Å². The summed E-state index contributed by atoms with van der Waals surface area (Å²) in [5, 5.41) is 1.66. The first-order valence-electron chi connectivity index (χ1n) is 6.64. The zero-order valence-corrected chi connectivity index (χ0v) is 11.9. The first-order chi connectivity index (χ1) is 8.70. The molecule has 0 radical (unpaired) electrons. The molecule has 2 heterocycles. The van der Waals surface area contributed by atoms with E-state index in [1.807, 2.05) is 0 Å². The zero-order chi connectivity index (χ0) is 12.3. The number of fused-ring (bicyclic) bond motifs is 3. The molecule has 18 heavy (non-hydrogen) atoms. The van der Waals surface area contributed by atoms with Crippen molar-refractivity contribution in [2.45, 2.75) is 38.5 Å². The van der Waals surface area contributed by atoms with Crippen molar-refractivity contribution >= 4 is 33.2 Å². The van der Waals surface area contributed by atoms with Crippen LogP contribution < -0.4 is 0 Å². The second-order valence-corrected chi connectivity index (χ2v) is 7.32. The molecule has 0 amide bonds. The lowest BCUT2D eigenvalue weighted by Gasteiger charge is -2.20. The van der Waals surface area contributed by atoms with Gasteiger partial charge >= 0.3 is 0 Å². The smallest absolute Gasteiger partial charge is 0.141 e. The van der Waals surface area contributed by atoms with Crippen molar-refractivity contribution in [3.8, 4) is 0 Å². The second kappa shape index (κ2) is 3.91. The lowest BCUT2D eigenvalue weighted by molar-refractivity contribution is 0.406. The van der Waals surface area contributed by atoms with Crippen LogP contribution in [0.2, 0.25) is 5.15 Å². The Morgan fingerprint density at radius 3 is 2.89 bits per heavy atom. The summed E-state index contributed by atoms with van der Waals surface area (Å²) in [4.78, 5) is 11.7. The van der Waals surface area contributed by atoms with E-state index in [-0.39, 0.29) is 0 Å². The number of thiophene rings is 1. The molecule has 3 atom stereocenters. The molecule has 94 valence electrons. The molecule has 2 bridgehead atoms. The van der Waals surface area contributed by atoms with Gasteiger partial charge in [-0.15, -0.1) is 11.3 Å². The van der Waals surface area contributed by atoms with Gasteiger partial charge in [-0.3, -0.25) is 0 Å². The van der Waals surface area contributed by atoms with Crippen LogP contribution in [-0.2, 0) is 0 Å².